The van der Waals surface area contributed by atoms with Crippen molar-refractivity contribution in [3.63, 3.8) is 0 Å². The second-order valence-corrected chi connectivity index (χ2v) is 5.93. The van der Waals surface area contributed by atoms with E-state index in [1.807, 2.05) is 0 Å². The van der Waals surface area contributed by atoms with Gasteiger partial charge in [0.25, 0.3) is 0 Å². The molecule has 2 fully saturated rings. The molecule has 1 saturated heterocycles. The smallest absolute Gasteiger partial charge is 0.137 e. The molecule has 1 heterocycles. The molecule has 2 heteroatoms. The first kappa shape index (κ1) is 13.1. The van der Waals surface area contributed by atoms with E-state index in [4.69, 9.17) is 0 Å². The predicted octanol–water partition coefficient (Wildman–Crippen LogP) is 3.26. The molecule has 0 aromatic carbocycles. The SMILES string of the molecule is CCC1CCC(=O)C(CN2CCCCCC2)C1. The Bertz CT molecular complexity index is 243. The summed E-state index contributed by atoms with van der Waals surface area (Å²) in [6, 6.07) is 0. The van der Waals surface area contributed by atoms with Gasteiger partial charge in [-0.05, 0) is 44.7 Å². The fraction of sp³-hybridized carbons (Fsp3) is 0.933. The molecule has 1 aliphatic carbocycles. The van der Waals surface area contributed by atoms with E-state index in [1.165, 1.54) is 45.2 Å². The summed E-state index contributed by atoms with van der Waals surface area (Å²) in [5, 5.41) is 0. The van der Waals surface area contributed by atoms with Crippen molar-refractivity contribution < 1.29 is 4.79 Å². The summed E-state index contributed by atoms with van der Waals surface area (Å²) in [4.78, 5) is 14.5. The van der Waals surface area contributed by atoms with Crippen molar-refractivity contribution in [1.82, 2.24) is 4.90 Å². The van der Waals surface area contributed by atoms with Crippen molar-refractivity contribution in [1.29, 1.82) is 0 Å². The predicted molar refractivity (Wildman–Crippen MR) is 71.0 cm³/mol. The molecular weight excluding hydrogens is 210 g/mol. The fourth-order valence-corrected chi connectivity index (χ4v) is 3.38. The zero-order valence-electron chi connectivity index (χ0n) is 11.3. The van der Waals surface area contributed by atoms with E-state index in [0.717, 1.165) is 31.7 Å². The molecule has 17 heavy (non-hydrogen) atoms. The minimum absolute atomic E-state index is 0.354. The van der Waals surface area contributed by atoms with E-state index in [2.05, 4.69) is 11.8 Å². The Labute approximate surface area is 106 Å². The van der Waals surface area contributed by atoms with Crippen LogP contribution in [0.2, 0.25) is 0 Å². The lowest BCUT2D eigenvalue weighted by Gasteiger charge is -2.31. The number of ketones is 1. The highest BCUT2D eigenvalue weighted by atomic mass is 16.1. The molecular formula is C15H27NO. The van der Waals surface area contributed by atoms with Crippen LogP contribution in [-0.4, -0.2) is 30.3 Å². The Morgan fingerprint density at radius 1 is 1.18 bits per heavy atom. The number of rotatable bonds is 3. The third-order valence-corrected chi connectivity index (χ3v) is 4.63. The Hall–Kier alpha value is -0.370. The van der Waals surface area contributed by atoms with Crippen molar-refractivity contribution in [2.75, 3.05) is 19.6 Å². The third-order valence-electron chi connectivity index (χ3n) is 4.63. The van der Waals surface area contributed by atoms with Gasteiger partial charge in [0.1, 0.15) is 5.78 Å². The molecule has 2 rings (SSSR count). The largest absolute Gasteiger partial charge is 0.303 e. The summed E-state index contributed by atoms with van der Waals surface area (Å²) in [6.45, 7) is 5.76. The molecule has 0 aromatic heterocycles. The van der Waals surface area contributed by atoms with Gasteiger partial charge in [0.2, 0.25) is 0 Å². The number of carbonyl (C=O) groups excluding carboxylic acids is 1. The molecule has 2 nitrogen and oxygen atoms in total. The van der Waals surface area contributed by atoms with Crippen LogP contribution in [0, 0.1) is 11.8 Å². The first-order valence-corrected chi connectivity index (χ1v) is 7.54. The second kappa shape index (κ2) is 6.53. The summed E-state index contributed by atoms with van der Waals surface area (Å²) in [5.74, 6) is 1.70. The molecule has 2 atom stereocenters. The molecule has 0 aromatic rings. The monoisotopic (exact) mass is 237 g/mol. The molecule has 0 radical (unpaired) electrons. The maximum absolute atomic E-state index is 12.0. The van der Waals surface area contributed by atoms with Gasteiger partial charge in [0.05, 0.1) is 0 Å². The van der Waals surface area contributed by atoms with Crippen LogP contribution in [0.15, 0.2) is 0 Å². The Morgan fingerprint density at radius 2 is 1.88 bits per heavy atom. The lowest BCUT2D eigenvalue weighted by atomic mass is 9.79. The van der Waals surface area contributed by atoms with Crippen LogP contribution in [-0.2, 0) is 4.79 Å². The molecule has 0 N–H and O–H groups in total. The average molecular weight is 237 g/mol. The summed E-state index contributed by atoms with van der Waals surface area (Å²) < 4.78 is 0. The number of hydrogen-bond donors (Lipinski definition) is 0. The Morgan fingerprint density at radius 3 is 2.53 bits per heavy atom. The number of nitrogens with zero attached hydrogens (tertiary/aromatic N) is 1. The molecule has 1 saturated carbocycles. The molecule has 0 amide bonds. The van der Waals surface area contributed by atoms with Crippen molar-refractivity contribution in [2.24, 2.45) is 11.8 Å². The molecule has 0 spiro atoms. The summed E-state index contributed by atoms with van der Waals surface area (Å²) in [5.41, 5.74) is 0. The standard InChI is InChI=1S/C15H27NO/c1-2-13-7-8-15(17)14(11-13)12-16-9-5-3-4-6-10-16/h13-14H,2-12H2,1H3. The molecule has 2 unspecified atom stereocenters. The van der Waals surface area contributed by atoms with Crippen LogP contribution in [0.5, 0.6) is 0 Å². The van der Waals surface area contributed by atoms with Gasteiger partial charge in [-0.15, -0.1) is 0 Å². The lowest BCUT2D eigenvalue weighted by molar-refractivity contribution is -0.126. The number of carbonyl (C=O) groups is 1. The van der Waals surface area contributed by atoms with Crippen LogP contribution in [0.1, 0.15) is 58.3 Å². The maximum Gasteiger partial charge on any atom is 0.137 e. The van der Waals surface area contributed by atoms with Crippen molar-refractivity contribution >= 4 is 5.78 Å². The van der Waals surface area contributed by atoms with Gasteiger partial charge in [0.15, 0.2) is 0 Å². The maximum atomic E-state index is 12.0. The van der Waals surface area contributed by atoms with Gasteiger partial charge >= 0.3 is 0 Å². The zero-order chi connectivity index (χ0) is 12.1. The third kappa shape index (κ3) is 3.80. The van der Waals surface area contributed by atoms with Crippen LogP contribution in [0.3, 0.4) is 0 Å². The van der Waals surface area contributed by atoms with E-state index in [1.54, 1.807) is 0 Å². The molecule has 2 aliphatic rings. The van der Waals surface area contributed by atoms with Gasteiger partial charge in [-0.25, -0.2) is 0 Å². The van der Waals surface area contributed by atoms with Gasteiger partial charge in [-0.3, -0.25) is 4.79 Å². The van der Waals surface area contributed by atoms with E-state index < -0.39 is 0 Å². The van der Waals surface area contributed by atoms with Gasteiger partial charge < -0.3 is 4.90 Å². The average Bonchev–Trinajstić information content (AvgIpc) is 2.60. The minimum Gasteiger partial charge on any atom is -0.303 e. The lowest BCUT2D eigenvalue weighted by Crippen LogP contribution is -2.37. The van der Waals surface area contributed by atoms with Gasteiger partial charge in [0, 0.05) is 18.9 Å². The van der Waals surface area contributed by atoms with Crippen molar-refractivity contribution in [3.05, 3.63) is 0 Å². The highest BCUT2D eigenvalue weighted by molar-refractivity contribution is 5.81. The minimum atomic E-state index is 0.354. The van der Waals surface area contributed by atoms with E-state index in [-0.39, 0.29) is 0 Å². The van der Waals surface area contributed by atoms with E-state index in [9.17, 15) is 4.79 Å². The van der Waals surface area contributed by atoms with Crippen molar-refractivity contribution in [3.8, 4) is 0 Å². The van der Waals surface area contributed by atoms with Crippen LogP contribution < -0.4 is 0 Å². The Balaban J connectivity index is 1.84. The quantitative estimate of drug-likeness (QED) is 0.751. The Kier molecular flexibility index (Phi) is 5.02. The van der Waals surface area contributed by atoms with Crippen LogP contribution in [0.25, 0.3) is 0 Å². The van der Waals surface area contributed by atoms with Gasteiger partial charge in [-0.2, -0.15) is 0 Å². The van der Waals surface area contributed by atoms with Gasteiger partial charge in [-0.1, -0.05) is 26.2 Å². The topological polar surface area (TPSA) is 20.3 Å². The fourth-order valence-electron chi connectivity index (χ4n) is 3.38. The highest BCUT2D eigenvalue weighted by Gasteiger charge is 2.29. The summed E-state index contributed by atoms with van der Waals surface area (Å²) in [7, 11) is 0. The summed E-state index contributed by atoms with van der Waals surface area (Å²) in [6.07, 6.45) is 9.83. The van der Waals surface area contributed by atoms with Crippen molar-refractivity contribution in [2.45, 2.75) is 58.3 Å². The van der Waals surface area contributed by atoms with E-state index in [0.29, 0.717) is 11.7 Å². The van der Waals surface area contributed by atoms with Crippen LogP contribution >= 0.6 is 0 Å². The number of likely N-dealkylation sites (tertiary alicyclic amines) is 1. The first-order chi connectivity index (χ1) is 8.29. The number of Topliss-reactive ketones (excluding diaryl/α,β-unsaturated/α-hetero) is 1. The molecule has 1 aliphatic heterocycles. The van der Waals surface area contributed by atoms with Crippen LogP contribution in [0.4, 0.5) is 0 Å². The number of hydrogen-bond acceptors (Lipinski definition) is 2. The normalized spacial score (nSPS) is 32.4. The molecule has 0 bridgehead atoms. The van der Waals surface area contributed by atoms with E-state index >= 15 is 0 Å². The highest BCUT2D eigenvalue weighted by Crippen LogP contribution is 2.29. The molecule has 98 valence electrons. The first-order valence-electron chi connectivity index (χ1n) is 7.54. The second-order valence-electron chi connectivity index (χ2n) is 5.93. The zero-order valence-corrected chi connectivity index (χ0v) is 11.3. The summed E-state index contributed by atoms with van der Waals surface area (Å²) >= 11 is 0.